The fourth-order valence-electron chi connectivity index (χ4n) is 2.96. The molecule has 3 rings (SSSR count). The molecule has 0 aromatic heterocycles. The monoisotopic (exact) mass is 488 g/mol. The number of nitro groups is 2. The van der Waals surface area contributed by atoms with Gasteiger partial charge in [0, 0.05) is 27.7 Å². The third kappa shape index (κ3) is 5.28. The fraction of sp³-hybridized carbons (Fsp3) is 0.143. The number of halogens is 1. The van der Waals surface area contributed by atoms with E-state index in [9.17, 15) is 20.2 Å². The molecule has 0 aliphatic heterocycles. The topological polar surface area (TPSA) is 114 Å². The summed E-state index contributed by atoms with van der Waals surface area (Å²) in [6.07, 6.45) is 0. The number of methoxy groups -OCH3 is 1. The first kappa shape index (κ1) is 22.0. The first-order valence-electron chi connectivity index (χ1n) is 8.98. The van der Waals surface area contributed by atoms with Crippen LogP contribution in [0.15, 0.2) is 65.1 Å². The molecule has 31 heavy (non-hydrogen) atoms. The minimum absolute atomic E-state index is 0.00590. The summed E-state index contributed by atoms with van der Waals surface area (Å²) in [4.78, 5) is 21.3. The molecular formula is C21H17BrN2O7. The van der Waals surface area contributed by atoms with Crippen LogP contribution in [0.2, 0.25) is 0 Å². The van der Waals surface area contributed by atoms with Gasteiger partial charge in [0.1, 0.15) is 19.0 Å². The second kappa shape index (κ2) is 9.90. The standard InChI is InChI=1S/C21H17BrN2O7/c1-29-21-14(12-30-19-8-4-2-6-17(19)23(25)26)10-16(22)11-15(21)13-31-20-9-5-3-7-18(20)24(27)28/h2-11H,12-13H2,1H3. The van der Waals surface area contributed by atoms with Crippen LogP contribution in [-0.2, 0) is 13.2 Å². The van der Waals surface area contributed by atoms with Crippen LogP contribution in [-0.4, -0.2) is 17.0 Å². The number of benzene rings is 3. The van der Waals surface area contributed by atoms with Crippen molar-refractivity contribution in [2.75, 3.05) is 7.11 Å². The van der Waals surface area contributed by atoms with E-state index in [1.807, 2.05) is 0 Å². The van der Waals surface area contributed by atoms with Crippen molar-refractivity contribution in [1.82, 2.24) is 0 Å². The van der Waals surface area contributed by atoms with Crippen LogP contribution in [0.1, 0.15) is 11.1 Å². The lowest BCUT2D eigenvalue weighted by Gasteiger charge is -2.16. The predicted octanol–water partition coefficient (Wildman–Crippen LogP) is 5.43. The molecule has 0 N–H and O–H groups in total. The van der Waals surface area contributed by atoms with E-state index in [2.05, 4.69) is 15.9 Å². The zero-order valence-electron chi connectivity index (χ0n) is 16.3. The van der Waals surface area contributed by atoms with E-state index in [1.165, 1.54) is 31.4 Å². The maximum absolute atomic E-state index is 11.2. The molecule has 0 spiro atoms. The number of ether oxygens (including phenoxy) is 3. The molecule has 10 heteroatoms. The number of nitro benzene ring substituents is 2. The third-order valence-corrected chi connectivity index (χ3v) is 4.76. The molecule has 0 aliphatic rings. The Hall–Kier alpha value is -3.66. The number of rotatable bonds is 9. The summed E-state index contributed by atoms with van der Waals surface area (Å²) in [7, 11) is 1.48. The highest BCUT2D eigenvalue weighted by atomic mass is 79.9. The van der Waals surface area contributed by atoms with Crippen LogP contribution in [0.25, 0.3) is 0 Å². The second-order valence-corrected chi connectivity index (χ2v) is 7.20. The summed E-state index contributed by atoms with van der Waals surface area (Å²) >= 11 is 3.42. The molecule has 3 aromatic carbocycles. The van der Waals surface area contributed by atoms with Gasteiger partial charge in [0.25, 0.3) is 0 Å². The molecule has 160 valence electrons. The van der Waals surface area contributed by atoms with Crippen molar-refractivity contribution in [3.8, 4) is 17.2 Å². The van der Waals surface area contributed by atoms with Crippen molar-refractivity contribution in [3.63, 3.8) is 0 Å². The molecule has 0 unspecified atom stereocenters. The number of para-hydroxylation sites is 4. The van der Waals surface area contributed by atoms with E-state index in [0.29, 0.717) is 21.3 Å². The Balaban J connectivity index is 1.84. The van der Waals surface area contributed by atoms with Crippen LogP contribution in [0.3, 0.4) is 0 Å². The van der Waals surface area contributed by atoms with Gasteiger partial charge in [0.15, 0.2) is 11.5 Å². The van der Waals surface area contributed by atoms with E-state index in [0.717, 1.165) is 0 Å². The Labute approximate surface area is 185 Å². The minimum Gasteiger partial charge on any atom is -0.496 e. The summed E-state index contributed by atoms with van der Waals surface area (Å²) in [5.41, 5.74) is 0.959. The normalized spacial score (nSPS) is 10.4. The SMILES string of the molecule is COc1c(COc2ccccc2[N+](=O)[O-])cc(Br)cc1COc1ccccc1[N+](=O)[O-]. The van der Waals surface area contributed by atoms with Crippen molar-refractivity contribution in [2.45, 2.75) is 13.2 Å². The fourth-order valence-corrected chi connectivity index (χ4v) is 3.51. The predicted molar refractivity (Wildman–Crippen MR) is 116 cm³/mol. The van der Waals surface area contributed by atoms with E-state index in [4.69, 9.17) is 14.2 Å². The van der Waals surface area contributed by atoms with Crippen LogP contribution in [0, 0.1) is 20.2 Å². The van der Waals surface area contributed by atoms with E-state index >= 15 is 0 Å². The third-order valence-electron chi connectivity index (χ3n) is 4.30. The molecule has 0 amide bonds. The largest absolute Gasteiger partial charge is 0.496 e. The smallest absolute Gasteiger partial charge is 0.310 e. The highest BCUT2D eigenvalue weighted by Crippen LogP contribution is 2.33. The van der Waals surface area contributed by atoms with Gasteiger partial charge < -0.3 is 14.2 Å². The zero-order valence-corrected chi connectivity index (χ0v) is 17.9. The van der Waals surface area contributed by atoms with Gasteiger partial charge in [-0.3, -0.25) is 20.2 Å². The van der Waals surface area contributed by atoms with Crippen LogP contribution < -0.4 is 14.2 Å². The molecule has 0 radical (unpaired) electrons. The minimum atomic E-state index is -0.514. The molecule has 3 aromatic rings. The van der Waals surface area contributed by atoms with Crippen molar-refractivity contribution < 1.29 is 24.1 Å². The molecule has 0 heterocycles. The van der Waals surface area contributed by atoms with Gasteiger partial charge in [0.05, 0.1) is 17.0 Å². The molecule has 0 fully saturated rings. The van der Waals surface area contributed by atoms with Crippen molar-refractivity contribution in [1.29, 1.82) is 0 Å². The van der Waals surface area contributed by atoms with Crippen molar-refractivity contribution in [2.24, 2.45) is 0 Å². The lowest BCUT2D eigenvalue weighted by atomic mass is 10.1. The average molecular weight is 489 g/mol. The molecular weight excluding hydrogens is 472 g/mol. The molecule has 0 bridgehead atoms. The second-order valence-electron chi connectivity index (χ2n) is 6.28. The Bertz CT molecular complexity index is 1040. The van der Waals surface area contributed by atoms with Gasteiger partial charge >= 0.3 is 11.4 Å². The van der Waals surface area contributed by atoms with Gasteiger partial charge in [0.2, 0.25) is 0 Å². The maximum atomic E-state index is 11.2. The van der Waals surface area contributed by atoms with Gasteiger partial charge in [-0.25, -0.2) is 0 Å². The molecule has 9 nitrogen and oxygen atoms in total. The van der Waals surface area contributed by atoms with Gasteiger partial charge in [-0.1, -0.05) is 40.2 Å². The lowest BCUT2D eigenvalue weighted by molar-refractivity contribution is -0.386. The maximum Gasteiger partial charge on any atom is 0.310 e. The number of hydrogen-bond donors (Lipinski definition) is 0. The van der Waals surface area contributed by atoms with Gasteiger partial charge in [-0.2, -0.15) is 0 Å². The van der Waals surface area contributed by atoms with Crippen LogP contribution in [0.5, 0.6) is 17.2 Å². The average Bonchev–Trinajstić information content (AvgIpc) is 2.76. The lowest BCUT2D eigenvalue weighted by Crippen LogP contribution is -2.06. The van der Waals surface area contributed by atoms with Gasteiger partial charge in [-0.15, -0.1) is 0 Å². The Morgan fingerprint density at radius 1 is 0.806 bits per heavy atom. The quantitative estimate of drug-likeness (QED) is 0.291. The summed E-state index contributed by atoms with van der Waals surface area (Å²) in [6, 6.07) is 15.7. The van der Waals surface area contributed by atoms with Crippen molar-refractivity contribution in [3.05, 3.63) is 96.5 Å². The first-order chi connectivity index (χ1) is 14.9. The highest BCUT2D eigenvalue weighted by molar-refractivity contribution is 9.10. The Kier molecular flexibility index (Phi) is 7.03. The zero-order chi connectivity index (χ0) is 22.4. The van der Waals surface area contributed by atoms with E-state index in [-0.39, 0.29) is 36.1 Å². The summed E-state index contributed by atoms with van der Waals surface area (Å²) < 4.78 is 17.6. The van der Waals surface area contributed by atoms with Crippen LogP contribution in [0.4, 0.5) is 11.4 Å². The first-order valence-corrected chi connectivity index (χ1v) is 9.77. The van der Waals surface area contributed by atoms with Crippen LogP contribution >= 0.6 is 15.9 Å². The number of nitrogens with zero attached hydrogens (tertiary/aromatic N) is 2. The summed E-state index contributed by atoms with van der Waals surface area (Å²) in [5.74, 6) is 0.722. The van der Waals surface area contributed by atoms with E-state index < -0.39 is 9.85 Å². The molecule has 0 saturated carbocycles. The molecule has 0 aliphatic carbocycles. The molecule has 0 atom stereocenters. The van der Waals surface area contributed by atoms with Crippen molar-refractivity contribution >= 4 is 27.3 Å². The van der Waals surface area contributed by atoms with Gasteiger partial charge in [-0.05, 0) is 24.3 Å². The summed E-state index contributed by atoms with van der Waals surface area (Å²) in [6.45, 7) is 0.0118. The summed E-state index contributed by atoms with van der Waals surface area (Å²) in [5, 5.41) is 22.4. The Morgan fingerprint density at radius 2 is 1.23 bits per heavy atom. The Morgan fingerprint density at radius 3 is 1.61 bits per heavy atom. The highest BCUT2D eigenvalue weighted by Gasteiger charge is 2.18. The molecule has 0 saturated heterocycles. The van der Waals surface area contributed by atoms with E-state index in [1.54, 1.807) is 36.4 Å². The number of hydrogen-bond acceptors (Lipinski definition) is 7.